The Labute approximate surface area is 152 Å². The topological polar surface area (TPSA) is 127 Å². The molecule has 146 valence electrons. The van der Waals surface area contributed by atoms with Gasteiger partial charge in [-0.3, -0.25) is 4.79 Å². The number of rotatable bonds is 7. The number of aromatic carboxylic acids is 1. The van der Waals surface area contributed by atoms with Crippen LogP contribution in [0.5, 0.6) is 0 Å². The first-order valence-corrected chi connectivity index (χ1v) is 8.30. The number of hydrogen-bond acceptors (Lipinski definition) is 6. The standard InChI is InChI=1S/C16H27N5O5/c1-10(2)20(6)12(22)9-21-11(13(14(23)24)18-19-21)7-8-17-15(25)26-16(3,4)5/h10H,7-9H2,1-6H3,(H,17,25)(H,23,24). The summed E-state index contributed by atoms with van der Waals surface area (Å²) in [5.41, 5.74) is -0.608. The smallest absolute Gasteiger partial charge is 0.407 e. The summed E-state index contributed by atoms with van der Waals surface area (Å²) in [7, 11) is 1.66. The molecular formula is C16H27N5O5. The molecule has 0 aliphatic rings. The van der Waals surface area contributed by atoms with Crippen LogP contribution >= 0.6 is 0 Å². The van der Waals surface area contributed by atoms with Crippen molar-refractivity contribution in [1.82, 2.24) is 25.2 Å². The highest BCUT2D eigenvalue weighted by atomic mass is 16.6. The predicted molar refractivity (Wildman–Crippen MR) is 92.8 cm³/mol. The van der Waals surface area contributed by atoms with Crippen molar-refractivity contribution in [1.29, 1.82) is 0 Å². The summed E-state index contributed by atoms with van der Waals surface area (Å²) < 4.78 is 6.37. The molecule has 0 aliphatic heterocycles. The Morgan fingerprint density at radius 1 is 1.31 bits per heavy atom. The fraction of sp³-hybridized carbons (Fsp3) is 0.688. The summed E-state index contributed by atoms with van der Waals surface area (Å²) in [6.07, 6.45) is -0.462. The normalized spacial score (nSPS) is 11.3. The lowest BCUT2D eigenvalue weighted by Gasteiger charge is -2.21. The van der Waals surface area contributed by atoms with E-state index in [2.05, 4.69) is 15.6 Å². The Morgan fingerprint density at radius 3 is 2.42 bits per heavy atom. The summed E-state index contributed by atoms with van der Waals surface area (Å²) in [4.78, 5) is 36.8. The molecule has 2 N–H and O–H groups in total. The van der Waals surface area contributed by atoms with E-state index in [4.69, 9.17) is 4.74 Å². The molecule has 10 nitrogen and oxygen atoms in total. The Morgan fingerprint density at radius 2 is 1.92 bits per heavy atom. The van der Waals surface area contributed by atoms with Crippen molar-refractivity contribution in [2.24, 2.45) is 0 Å². The van der Waals surface area contributed by atoms with Crippen LogP contribution in [-0.4, -0.2) is 68.2 Å². The molecule has 0 bridgehead atoms. The van der Waals surface area contributed by atoms with Crippen molar-refractivity contribution < 1.29 is 24.2 Å². The second kappa shape index (κ2) is 8.63. The third-order valence-electron chi connectivity index (χ3n) is 3.52. The van der Waals surface area contributed by atoms with Crippen LogP contribution < -0.4 is 5.32 Å². The first-order valence-electron chi connectivity index (χ1n) is 8.30. The molecule has 0 aromatic carbocycles. The van der Waals surface area contributed by atoms with E-state index in [9.17, 15) is 19.5 Å². The summed E-state index contributed by atoms with van der Waals surface area (Å²) in [5, 5.41) is 19.2. The molecule has 0 unspecified atom stereocenters. The van der Waals surface area contributed by atoms with Gasteiger partial charge in [0.1, 0.15) is 12.1 Å². The van der Waals surface area contributed by atoms with Crippen molar-refractivity contribution in [3.05, 3.63) is 11.4 Å². The minimum absolute atomic E-state index is 0.00208. The zero-order valence-corrected chi connectivity index (χ0v) is 16.1. The number of carboxylic acids is 1. The van der Waals surface area contributed by atoms with Gasteiger partial charge in [-0.25, -0.2) is 14.3 Å². The number of carboxylic acid groups (broad SMARTS) is 1. The Bertz CT molecular complexity index is 662. The highest BCUT2D eigenvalue weighted by Gasteiger charge is 2.22. The van der Waals surface area contributed by atoms with Gasteiger partial charge in [-0.2, -0.15) is 0 Å². The van der Waals surface area contributed by atoms with Gasteiger partial charge in [0.2, 0.25) is 5.91 Å². The van der Waals surface area contributed by atoms with E-state index in [-0.39, 0.29) is 42.8 Å². The first kappa shape index (κ1) is 21.4. The Kier molecular flexibility index (Phi) is 7.10. The van der Waals surface area contributed by atoms with E-state index in [0.29, 0.717) is 0 Å². The second-order valence-electron chi connectivity index (χ2n) is 7.12. The van der Waals surface area contributed by atoms with Gasteiger partial charge in [-0.1, -0.05) is 5.21 Å². The molecule has 0 spiro atoms. The molecule has 0 saturated heterocycles. The maximum absolute atomic E-state index is 12.2. The quantitative estimate of drug-likeness (QED) is 0.731. The van der Waals surface area contributed by atoms with E-state index in [1.807, 2.05) is 13.8 Å². The van der Waals surface area contributed by atoms with Crippen molar-refractivity contribution in [3.63, 3.8) is 0 Å². The molecule has 0 radical (unpaired) electrons. The molecule has 1 aromatic rings. The SMILES string of the molecule is CC(C)N(C)C(=O)Cn1nnc(C(=O)O)c1CCNC(=O)OC(C)(C)C. The van der Waals surface area contributed by atoms with Crippen LogP contribution in [0.15, 0.2) is 0 Å². The molecule has 1 rings (SSSR count). The van der Waals surface area contributed by atoms with Gasteiger partial charge in [-0.05, 0) is 34.6 Å². The average Bonchev–Trinajstić information content (AvgIpc) is 2.87. The Balaban J connectivity index is 2.82. The molecule has 1 heterocycles. The molecular weight excluding hydrogens is 342 g/mol. The van der Waals surface area contributed by atoms with E-state index in [1.54, 1.807) is 27.8 Å². The zero-order valence-electron chi connectivity index (χ0n) is 16.1. The predicted octanol–water partition coefficient (Wildman–Crippen LogP) is 0.910. The summed E-state index contributed by atoms with van der Waals surface area (Å²) in [6, 6.07) is 0.00208. The van der Waals surface area contributed by atoms with Crippen molar-refractivity contribution in [3.8, 4) is 0 Å². The van der Waals surface area contributed by atoms with Gasteiger partial charge >= 0.3 is 12.1 Å². The lowest BCUT2D eigenvalue weighted by atomic mass is 10.2. The number of nitrogens with zero attached hydrogens (tertiary/aromatic N) is 4. The molecule has 26 heavy (non-hydrogen) atoms. The number of aromatic nitrogens is 3. The van der Waals surface area contributed by atoms with Crippen LogP contribution in [0.2, 0.25) is 0 Å². The van der Waals surface area contributed by atoms with E-state index in [1.165, 1.54) is 9.58 Å². The number of hydrogen-bond donors (Lipinski definition) is 2. The van der Waals surface area contributed by atoms with Gasteiger partial charge in [0.15, 0.2) is 5.69 Å². The zero-order chi connectivity index (χ0) is 20.1. The van der Waals surface area contributed by atoms with Crippen LogP contribution in [0.3, 0.4) is 0 Å². The molecule has 1 aromatic heterocycles. The van der Waals surface area contributed by atoms with Crippen molar-refractivity contribution >= 4 is 18.0 Å². The average molecular weight is 369 g/mol. The molecule has 2 amide bonds. The van der Waals surface area contributed by atoms with Crippen LogP contribution in [-0.2, 0) is 22.5 Å². The third kappa shape index (κ3) is 6.34. The number of amides is 2. The second-order valence-corrected chi connectivity index (χ2v) is 7.12. The van der Waals surface area contributed by atoms with Crippen LogP contribution in [0.4, 0.5) is 4.79 Å². The molecule has 10 heteroatoms. The number of ether oxygens (including phenoxy) is 1. The lowest BCUT2D eigenvalue weighted by Crippen LogP contribution is -2.36. The number of likely N-dealkylation sites (N-methyl/N-ethyl adjacent to an activating group) is 1. The van der Waals surface area contributed by atoms with Crippen molar-refractivity contribution in [2.75, 3.05) is 13.6 Å². The molecule has 0 aliphatic carbocycles. The maximum atomic E-state index is 12.2. The van der Waals surface area contributed by atoms with Gasteiger partial charge in [0.25, 0.3) is 0 Å². The minimum atomic E-state index is -1.24. The molecule has 0 saturated carbocycles. The maximum Gasteiger partial charge on any atom is 0.407 e. The monoisotopic (exact) mass is 369 g/mol. The van der Waals surface area contributed by atoms with Gasteiger partial charge in [0.05, 0.1) is 5.69 Å². The van der Waals surface area contributed by atoms with Gasteiger partial charge in [0, 0.05) is 26.1 Å². The highest BCUT2D eigenvalue weighted by molar-refractivity contribution is 5.86. The number of alkyl carbamates (subject to hydrolysis) is 1. The largest absolute Gasteiger partial charge is 0.476 e. The third-order valence-corrected chi connectivity index (χ3v) is 3.52. The summed E-state index contributed by atoms with van der Waals surface area (Å²) in [5.74, 6) is -1.46. The van der Waals surface area contributed by atoms with E-state index < -0.39 is 17.7 Å². The van der Waals surface area contributed by atoms with Crippen LogP contribution in [0, 0.1) is 0 Å². The summed E-state index contributed by atoms with van der Waals surface area (Å²) in [6.45, 7) is 8.95. The highest BCUT2D eigenvalue weighted by Crippen LogP contribution is 2.09. The van der Waals surface area contributed by atoms with E-state index >= 15 is 0 Å². The first-order chi connectivity index (χ1) is 11.9. The van der Waals surface area contributed by atoms with E-state index in [0.717, 1.165) is 0 Å². The van der Waals surface area contributed by atoms with Gasteiger partial charge in [-0.15, -0.1) is 5.10 Å². The molecule has 0 fully saturated rings. The number of carbonyl (C=O) groups excluding carboxylic acids is 2. The Hall–Kier alpha value is -2.65. The minimum Gasteiger partial charge on any atom is -0.476 e. The van der Waals surface area contributed by atoms with Crippen LogP contribution in [0.25, 0.3) is 0 Å². The number of carbonyl (C=O) groups is 3. The lowest BCUT2D eigenvalue weighted by molar-refractivity contribution is -0.132. The fourth-order valence-corrected chi connectivity index (χ4v) is 2.00. The summed E-state index contributed by atoms with van der Waals surface area (Å²) >= 11 is 0. The van der Waals surface area contributed by atoms with Gasteiger partial charge < -0.3 is 20.1 Å². The number of nitrogens with one attached hydrogen (secondary N) is 1. The van der Waals surface area contributed by atoms with Crippen LogP contribution in [0.1, 0.15) is 50.8 Å². The molecule has 0 atom stereocenters. The van der Waals surface area contributed by atoms with Crippen molar-refractivity contribution in [2.45, 2.75) is 59.2 Å². The fourth-order valence-electron chi connectivity index (χ4n) is 2.00.